The highest BCUT2D eigenvalue weighted by atomic mass is 32.1. The SMILES string of the molecule is CC(=O)c1cnc(N(C)C2CCC(C)CC2)s1. The smallest absolute Gasteiger partial charge is 0.185 e. The number of carbonyl (C=O) groups excluding carboxylic acids is 1. The molecule has 17 heavy (non-hydrogen) atoms. The molecular formula is C13H20N2OS. The van der Waals surface area contributed by atoms with Crippen molar-refractivity contribution in [2.45, 2.75) is 45.6 Å². The maximum absolute atomic E-state index is 11.3. The summed E-state index contributed by atoms with van der Waals surface area (Å²) in [5.41, 5.74) is 0. The van der Waals surface area contributed by atoms with Crippen LogP contribution >= 0.6 is 11.3 Å². The summed E-state index contributed by atoms with van der Waals surface area (Å²) in [6, 6.07) is 0.595. The second kappa shape index (κ2) is 5.17. The second-order valence-electron chi connectivity index (χ2n) is 5.09. The Hall–Kier alpha value is -0.900. The largest absolute Gasteiger partial charge is 0.348 e. The first-order valence-corrected chi connectivity index (χ1v) is 7.09. The molecule has 1 fully saturated rings. The number of hydrogen-bond donors (Lipinski definition) is 0. The maximum Gasteiger partial charge on any atom is 0.185 e. The number of aromatic nitrogens is 1. The van der Waals surface area contributed by atoms with Crippen molar-refractivity contribution in [2.75, 3.05) is 11.9 Å². The summed E-state index contributed by atoms with van der Waals surface area (Å²) in [6.07, 6.45) is 6.80. The number of carbonyl (C=O) groups is 1. The van der Waals surface area contributed by atoms with Gasteiger partial charge in [0.25, 0.3) is 0 Å². The third kappa shape index (κ3) is 2.86. The molecule has 4 heteroatoms. The quantitative estimate of drug-likeness (QED) is 0.773. The molecule has 0 aromatic carbocycles. The van der Waals surface area contributed by atoms with Gasteiger partial charge in [0.2, 0.25) is 0 Å². The Labute approximate surface area is 107 Å². The first-order chi connectivity index (χ1) is 8.08. The number of Topliss-reactive ketones (excluding diaryl/α,β-unsaturated/α-hetero) is 1. The van der Waals surface area contributed by atoms with E-state index in [9.17, 15) is 4.79 Å². The molecule has 1 saturated carbocycles. The summed E-state index contributed by atoms with van der Waals surface area (Å²) >= 11 is 1.51. The van der Waals surface area contributed by atoms with Crippen LogP contribution in [0.15, 0.2) is 6.20 Å². The lowest BCUT2D eigenvalue weighted by Gasteiger charge is -2.33. The lowest BCUT2D eigenvalue weighted by atomic mass is 9.87. The van der Waals surface area contributed by atoms with Crippen molar-refractivity contribution in [2.24, 2.45) is 5.92 Å². The monoisotopic (exact) mass is 252 g/mol. The highest BCUT2D eigenvalue weighted by Gasteiger charge is 2.23. The summed E-state index contributed by atoms with van der Waals surface area (Å²) in [4.78, 5) is 18.6. The lowest BCUT2D eigenvalue weighted by Crippen LogP contribution is -2.34. The van der Waals surface area contributed by atoms with Gasteiger partial charge in [-0.3, -0.25) is 4.79 Å². The Morgan fingerprint density at radius 2 is 2.06 bits per heavy atom. The number of anilines is 1. The maximum atomic E-state index is 11.3. The molecule has 3 nitrogen and oxygen atoms in total. The van der Waals surface area contributed by atoms with Crippen molar-refractivity contribution < 1.29 is 4.79 Å². The molecule has 0 saturated heterocycles. The number of thiazole rings is 1. The number of rotatable bonds is 3. The molecule has 0 spiro atoms. The van der Waals surface area contributed by atoms with Gasteiger partial charge in [-0.15, -0.1) is 0 Å². The van der Waals surface area contributed by atoms with Gasteiger partial charge in [-0.25, -0.2) is 4.98 Å². The van der Waals surface area contributed by atoms with Crippen LogP contribution in [0.5, 0.6) is 0 Å². The Morgan fingerprint density at radius 1 is 1.41 bits per heavy atom. The van der Waals surface area contributed by atoms with Gasteiger partial charge in [-0.2, -0.15) is 0 Å². The van der Waals surface area contributed by atoms with Gasteiger partial charge >= 0.3 is 0 Å². The van der Waals surface area contributed by atoms with Crippen LogP contribution < -0.4 is 4.90 Å². The van der Waals surface area contributed by atoms with Crippen molar-refractivity contribution >= 4 is 22.3 Å². The standard InChI is InChI=1S/C13H20N2OS/c1-9-4-6-11(7-5-9)15(3)13-14-8-12(17-13)10(2)16/h8-9,11H,4-7H2,1-3H3. The minimum atomic E-state index is 0.111. The lowest BCUT2D eigenvalue weighted by molar-refractivity contribution is 0.102. The van der Waals surface area contributed by atoms with E-state index in [1.165, 1.54) is 37.0 Å². The first-order valence-electron chi connectivity index (χ1n) is 6.27. The number of ketones is 1. The molecule has 0 radical (unpaired) electrons. The average molecular weight is 252 g/mol. The summed E-state index contributed by atoms with van der Waals surface area (Å²) in [7, 11) is 2.10. The van der Waals surface area contributed by atoms with Crippen LogP contribution in [0, 0.1) is 5.92 Å². The van der Waals surface area contributed by atoms with E-state index in [-0.39, 0.29) is 5.78 Å². The Bertz CT molecular complexity index is 394. The van der Waals surface area contributed by atoms with Gasteiger partial charge in [0.15, 0.2) is 10.9 Å². The molecule has 0 bridgehead atoms. The van der Waals surface area contributed by atoms with E-state index >= 15 is 0 Å². The van der Waals surface area contributed by atoms with Crippen LogP contribution in [0.3, 0.4) is 0 Å². The van der Waals surface area contributed by atoms with Crippen molar-refractivity contribution in [1.29, 1.82) is 0 Å². The third-order valence-electron chi connectivity index (χ3n) is 3.68. The van der Waals surface area contributed by atoms with Crippen LogP contribution in [0.2, 0.25) is 0 Å². The van der Waals surface area contributed by atoms with Crippen molar-refractivity contribution in [3.8, 4) is 0 Å². The molecule has 1 aliphatic rings. The van der Waals surface area contributed by atoms with Crippen LogP contribution in [-0.2, 0) is 0 Å². The molecule has 0 aliphatic heterocycles. The van der Waals surface area contributed by atoms with Crippen molar-refractivity contribution in [1.82, 2.24) is 4.98 Å². The Kier molecular flexibility index (Phi) is 3.82. The normalized spacial score (nSPS) is 24.6. The molecule has 0 unspecified atom stereocenters. The van der Waals surface area contributed by atoms with Gasteiger partial charge in [-0.1, -0.05) is 18.3 Å². The second-order valence-corrected chi connectivity index (χ2v) is 6.10. The number of hydrogen-bond acceptors (Lipinski definition) is 4. The summed E-state index contributed by atoms with van der Waals surface area (Å²) in [5, 5.41) is 0.981. The van der Waals surface area contributed by atoms with Crippen molar-refractivity contribution in [3.63, 3.8) is 0 Å². The summed E-state index contributed by atoms with van der Waals surface area (Å²) in [6.45, 7) is 3.92. The van der Waals surface area contributed by atoms with Gasteiger partial charge < -0.3 is 4.90 Å². The zero-order valence-corrected chi connectivity index (χ0v) is 11.6. The minimum absolute atomic E-state index is 0.111. The predicted octanol–water partition coefficient (Wildman–Crippen LogP) is 3.36. The van der Waals surface area contributed by atoms with Gasteiger partial charge in [-0.05, 0) is 31.6 Å². The molecule has 94 valence electrons. The van der Waals surface area contributed by atoms with E-state index in [1.807, 2.05) is 0 Å². The third-order valence-corrected chi connectivity index (χ3v) is 4.86. The fourth-order valence-corrected chi connectivity index (χ4v) is 3.22. The van der Waals surface area contributed by atoms with E-state index in [1.54, 1.807) is 13.1 Å². The van der Waals surface area contributed by atoms with Crippen LogP contribution in [0.1, 0.15) is 49.2 Å². The summed E-state index contributed by atoms with van der Waals surface area (Å²) in [5.74, 6) is 0.975. The van der Waals surface area contributed by atoms with E-state index < -0.39 is 0 Å². The fraction of sp³-hybridized carbons (Fsp3) is 0.692. The van der Waals surface area contributed by atoms with Crippen LogP contribution in [0.25, 0.3) is 0 Å². The highest BCUT2D eigenvalue weighted by molar-refractivity contribution is 7.17. The molecular weight excluding hydrogens is 232 g/mol. The highest BCUT2D eigenvalue weighted by Crippen LogP contribution is 2.31. The van der Waals surface area contributed by atoms with Gasteiger partial charge in [0.05, 0.1) is 11.1 Å². The average Bonchev–Trinajstić information content (AvgIpc) is 2.78. The molecule has 1 aromatic rings. The molecule has 2 rings (SSSR count). The molecule has 1 heterocycles. The molecule has 0 atom stereocenters. The zero-order chi connectivity index (χ0) is 12.4. The number of nitrogens with zero attached hydrogens (tertiary/aromatic N) is 2. The van der Waals surface area contributed by atoms with Crippen LogP contribution in [0.4, 0.5) is 5.13 Å². The molecule has 0 N–H and O–H groups in total. The minimum Gasteiger partial charge on any atom is -0.348 e. The van der Waals surface area contributed by atoms with Gasteiger partial charge in [0, 0.05) is 20.0 Å². The topological polar surface area (TPSA) is 33.2 Å². The zero-order valence-electron chi connectivity index (χ0n) is 10.8. The Balaban J connectivity index is 2.03. The fourth-order valence-electron chi connectivity index (χ4n) is 2.38. The van der Waals surface area contributed by atoms with Crippen LogP contribution in [-0.4, -0.2) is 23.9 Å². The first kappa shape index (κ1) is 12.6. The Morgan fingerprint density at radius 3 is 2.59 bits per heavy atom. The van der Waals surface area contributed by atoms with E-state index in [2.05, 4.69) is 23.9 Å². The molecule has 1 aliphatic carbocycles. The predicted molar refractivity (Wildman–Crippen MR) is 71.9 cm³/mol. The molecule has 0 amide bonds. The van der Waals surface area contributed by atoms with E-state index in [0.717, 1.165) is 15.9 Å². The van der Waals surface area contributed by atoms with E-state index in [4.69, 9.17) is 0 Å². The van der Waals surface area contributed by atoms with Gasteiger partial charge in [0.1, 0.15) is 0 Å². The van der Waals surface area contributed by atoms with Crippen molar-refractivity contribution in [3.05, 3.63) is 11.1 Å². The summed E-state index contributed by atoms with van der Waals surface area (Å²) < 4.78 is 0. The van der Waals surface area contributed by atoms with E-state index in [0.29, 0.717) is 6.04 Å². The molecule has 1 aromatic heterocycles.